The summed E-state index contributed by atoms with van der Waals surface area (Å²) < 4.78 is 5.39. The number of hydrogen-bond acceptors (Lipinski definition) is 3. The zero-order valence-corrected chi connectivity index (χ0v) is 12.8. The van der Waals surface area contributed by atoms with Gasteiger partial charge < -0.3 is 4.74 Å². The van der Waals surface area contributed by atoms with Crippen molar-refractivity contribution in [1.82, 2.24) is 0 Å². The molecule has 4 heteroatoms. The van der Waals surface area contributed by atoms with Gasteiger partial charge in [-0.25, -0.2) is 4.79 Å². The molecule has 4 nitrogen and oxygen atoms in total. The third-order valence-electron chi connectivity index (χ3n) is 3.71. The Morgan fingerprint density at radius 2 is 2.04 bits per heavy atom. The van der Waals surface area contributed by atoms with Crippen molar-refractivity contribution in [3.8, 4) is 6.07 Å². The summed E-state index contributed by atoms with van der Waals surface area (Å²) in [7, 11) is 0. The Labute approximate surface area is 135 Å². The van der Waals surface area contributed by atoms with E-state index in [9.17, 15) is 10.1 Å². The number of rotatable bonds is 2. The van der Waals surface area contributed by atoms with Gasteiger partial charge in [-0.15, -0.1) is 0 Å². The van der Waals surface area contributed by atoms with Crippen LogP contribution in [0.3, 0.4) is 0 Å². The Morgan fingerprint density at radius 1 is 1.26 bits per heavy atom. The molecule has 0 fully saturated rings. The van der Waals surface area contributed by atoms with Crippen molar-refractivity contribution >= 4 is 17.9 Å². The van der Waals surface area contributed by atoms with Crippen LogP contribution in [0.5, 0.6) is 0 Å². The number of ether oxygens (including phenoxy) is 1. The van der Waals surface area contributed by atoms with E-state index in [-0.39, 0.29) is 6.61 Å². The number of nitrogens with zero attached hydrogens (tertiary/aromatic N) is 2. The topological polar surface area (TPSA) is 53.3 Å². The van der Waals surface area contributed by atoms with Crippen LogP contribution in [0.15, 0.2) is 54.6 Å². The molecular formula is C19H16N2O2. The van der Waals surface area contributed by atoms with Gasteiger partial charge in [0.05, 0.1) is 11.8 Å². The maximum Gasteiger partial charge on any atom is 0.416 e. The summed E-state index contributed by atoms with van der Waals surface area (Å²) in [6.45, 7) is 2.17. The summed E-state index contributed by atoms with van der Waals surface area (Å²) in [5, 5.41) is 9.33. The molecule has 1 aliphatic rings. The predicted octanol–water partition coefficient (Wildman–Crippen LogP) is 4.06. The maximum absolute atomic E-state index is 12.5. The van der Waals surface area contributed by atoms with E-state index in [4.69, 9.17) is 4.74 Å². The van der Waals surface area contributed by atoms with Crippen LogP contribution in [0, 0.1) is 18.3 Å². The summed E-state index contributed by atoms with van der Waals surface area (Å²) in [5.74, 6) is 0. The maximum atomic E-state index is 12.5. The van der Waals surface area contributed by atoms with Gasteiger partial charge in [-0.1, -0.05) is 48.0 Å². The highest BCUT2D eigenvalue weighted by Gasteiger charge is 2.29. The molecule has 1 heterocycles. The van der Waals surface area contributed by atoms with Crippen LogP contribution in [0.2, 0.25) is 0 Å². The molecule has 1 aliphatic heterocycles. The zero-order valence-electron chi connectivity index (χ0n) is 12.8. The minimum atomic E-state index is -0.659. The highest BCUT2D eigenvalue weighted by atomic mass is 16.6. The number of amides is 1. The first-order valence-electron chi connectivity index (χ1n) is 7.37. The van der Waals surface area contributed by atoms with Crippen LogP contribution < -0.4 is 4.90 Å². The largest absolute Gasteiger partial charge is 0.444 e. The number of fused-ring (bicyclic) bond motifs is 1. The van der Waals surface area contributed by atoms with Gasteiger partial charge in [0.2, 0.25) is 0 Å². The standard InChI is InChI=1S/C19H16N2O2/c1-14-7-10-18-16(11-14)8-9-17(12-20)21(18)19(22)23-13-15-5-3-2-4-6-15/h2-11,17H,13H2,1H3. The SMILES string of the molecule is Cc1ccc2c(c1)C=CC(C#N)N2C(=O)OCc1ccccc1. The van der Waals surface area contributed by atoms with Crippen molar-refractivity contribution in [2.24, 2.45) is 0 Å². The zero-order chi connectivity index (χ0) is 16.2. The van der Waals surface area contributed by atoms with Gasteiger partial charge in [0, 0.05) is 0 Å². The van der Waals surface area contributed by atoms with E-state index in [0.29, 0.717) is 5.69 Å². The second-order valence-corrected chi connectivity index (χ2v) is 5.41. The number of nitriles is 1. The van der Waals surface area contributed by atoms with Gasteiger partial charge in [0.1, 0.15) is 12.6 Å². The van der Waals surface area contributed by atoms with Crippen LogP contribution in [0.25, 0.3) is 6.08 Å². The lowest BCUT2D eigenvalue weighted by Crippen LogP contribution is -2.40. The molecule has 114 valence electrons. The second kappa shape index (κ2) is 6.37. The Morgan fingerprint density at radius 3 is 2.78 bits per heavy atom. The van der Waals surface area contributed by atoms with Gasteiger partial charge >= 0.3 is 6.09 Å². The average molecular weight is 304 g/mol. The van der Waals surface area contributed by atoms with Crippen molar-refractivity contribution in [2.45, 2.75) is 19.6 Å². The number of aryl methyl sites for hydroxylation is 1. The van der Waals surface area contributed by atoms with Crippen LogP contribution in [-0.4, -0.2) is 12.1 Å². The van der Waals surface area contributed by atoms with Gasteiger partial charge in [0.15, 0.2) is 0 Å². The number of carbonyl (C=O) groups excluding carboxylic acids is 1. The highest BCUT2D eigenvalue weighted by molar-refractivity contribution is 5.94. The Kier molecular flexibility index (Phi) is 4.11. The minimum Gasteiger partial charge on any atom is -0.444 e. The van der Waals surface area contributed by atoms with E-state index in [2.05, 4.69) is 6.07 Å². The fourth-order valence-electron chi connectivity index (χ4n) is 2.56. The first kappa shape index (κ1) is 14.9. The normalized spacial score (nSPS) is 15.7. The molecule has 0 saturated carbocycles. The lowest BCUT2D eigenvalue weighted by molar-refractivity contribution is 0.146. The fraction of sp³-hybridized carbons (Fsp3) is 0.158. The third kappa shape index (κ3) is 3.09. The van der Waals surface area contributed by atoms with Crippen molar-refractivity contribution in [2.75, 3.05) is 4.90 Å². The molecule has 0 aliphatic carbocycles. The van der Waals surface area contributed by atoms with Crippen LogP contribution in [-0.2, 0) is 11.3 Å². The number of benzene rings is 2. The summed E-state index contributed by atoms with van der Waals surface area (Å²) in [6.07, 6.45) is 3.07. The third-order valence-corrected chi connectivity index (χ3v) is 3.71. The van der Waals surface area contributed by atoms with Crippen LogP contribution in [0.4, 0.5) is 10.5 Å². The smallest absolute Gasteiger partial charge is 0.416 e. The predicted molar refractivity (Wildman–Crippen MR) is 88.7 cm³/mol. The van der Waals surface area contributed by atoms with E-state index >= 15 is 0 Å². The first-order valence-corrected chi connectivity index (χ1v) is 7.37. The van der Waals surface area contributed by atoms with Crippen molar-refractivity contribution in [3.05, 3.63) is 71.3 Å². The van der Waals surface area contributed by atoms with E-state index in [1.54, 1.807) is 6.08 Å². The summed E-state index contributed by atoms with van der Waals surface area (Å²) >= 11 is 0. The van der Waals surface area contributed by atoms with Crippen LogP contribution in [0.1, 0.15) is 16.7 Å². The van der Waals surface area contributed by atoms with Gasteiger partial charge in [-0.3, -0.25) is 4.90 Å². The quantitative estimate of drug-likeness (QED) is 0.840. The van der Waals surface area contributed by atoms with E-state index in [1.807, 2.05) is 61.5 Å². The Balaban J connectivity index is 1.83. The molecule has 0 radical (unpaired) electrons. The fourth-order valence-corrected chi connectivity index (χ4v) is 2.56. The van der Waals surface area contributed by atoms with Gasteiger partial charge in [0.25, 0.3) is 0 Å². The summed E-state index contributed by atoms with van der Waals surface area (Å²) in [4.78, 5) is 13.9. The molecule has 0 N–H and O–H groups in total. The highest BCUT2D eigenvalue weighted by Crippen LogP contribution is 2.30. The Hall–Kier alpha value is -3.06. The molecule has 3 rings (SSSR count). The van der Waals surface area contributed by atoms with Gasteiger partial charge in [-0.2, -0.15) is 5.26 Å². The molecular weight excluding hydrogens is 288 g/mol. The first-order chi connectivity index (χ1) is 11.2. The lowest BCUT2D eigenvalue weighted by atomic mass is 10.0. The number of hydrogen-bond donors (Lipinski definition) is 0. The molecule has 1 atom stereocenters. The molecule has 23 heavy (non-hydrogen) atoms. The molecule has 1 unspecified atom stereocenters. The molecule has 0 spiro atoms. The van der Waals surface area contributed by atoms with Crippen molar-refractivity contribution < 1.29 is 9.53 Å². The molecule has 2 aromatic rings. The molecule has 1 amide bonds. The molecule has 0 saturated heterocycles. The number of carbonyl (C=O) groups is 1. The number of anilines is 1. The van der Waals surface area contributed by atoms with E-state index in [1.165, 1.54) is 4.90 Å². The second-order valence-electron chi connectivity index (χ2n) is 5.41. The minimum absolute atomic E-state index is 0.180. The Bertz CT molecular complexity index is 791. The summed E-state index contributed by atoms with van der Waals surface area (Å²) in [5.41, 5.74) is 3.61. The van der Waals surface area contributed by atoms with E-state index in [0.717, 1.165) is 16.7 Å². The van der Waals surface area contributed by atoms with Crippen molar-refractivity contribution in [3.63, 3.8) is 0 Å². The van der Waals surface area contributed by atoms with E-state index < -0.39 is 12.1 Å². The monoisotopic (exact) mass is 304 g/mol. The lowest BCUT2D eigenvalue weighted by Gasteiger charge is -2.29. The van der Waals surface area contributed by atoms with Crippen molar-refractivity contribution in [1.29, 1.82) is 5.26 Å². The van der Waals surface area contributed by atoms with Gasteiger partial charge in [-0.05, 0) is 36.3 Å². The summed E-state index contributed by atoms with van der Waals surface area (Å²) in [6, 6.07) is 16.7. The molecule has 0 aromatic heterocycles. The average Bonchev–Trinajstić information content (AvgIpc) is 2.59. The molecule has 2 aromatic carbocycles. The van der Waals surface area contributed by atoms with Crippen LogP contribution >= 0.6 is 0 Å². The molecule has 0 bridgehead atoms.